The predicted molar refractivity (Wildman–Crippen MR) is 104 cm³/mol. The zero-order chi connectivity index (χ0) is 19.3. The summed E-state index contributed by atoms with van der Waals surface area (Å²) in [5, 5.41) is 5.88. The molecule has 10 nitrogen and oxygen atoms in total. The topological polar surface area (TPSA) is 101 Å². The molecule has 28 heavy (non-hydrogen) atoms. The number of hydrazine groups is 3. The molecule has 4 aliphatic heterocycles. The van der Waals surface area contributed by atoms with Gasteiger partial charge >= 0.3 is 0 Å². The van der Waals surface area contributed by atoms with Crippen molar-refractivity contribution in [2.45, 2.75) is 55.3 Å². The minimum atomic E-state index is -3.40. The highest BCUT2D eigenvalue weighted by atomic mass is 32.2. The van der Waals surface area contributed by atoms with E-state index in [1.54, 1.807) is 0 Å². The van der Waals surface area contributed by atoms with Crippen LogP contribution >= 0.6 is 0 Å². The molecule has 11 heteroatoms. The van der Waals surface area contributed by atoms with Gasteiger partial charge in [0.2, 0.25) is 10.0 Å². The summed E-state index contributed by atoms with van der Waals surface area (Å²) in [6, 6.07) is 0.366. The maximum absolute atomic E-state index is 13.2. The summed E-state index contributed by atoms with van der Waals surface area (Å²) in [4.78, 5) is 0. The van der Waals surface area contributed by atoms with Gasteiger partial charge in [0.25, 0.3) is 0 Å². The first-order valence-corrected chi connectivity index (χ1v) is 12.2. The van der Waals surface area contributed by atoms with Crippen LogP contribution in [0.2, 0.25) is 0 Å². The normalized spacial score (nSPS) is 43.3. The first kappa shape index (κ1) is 19.6. The van der Waals surface area contributed by atoms with Crippen molar-refractivity contribution < 1.29 is 13.2 Å². The van der Waals surface area contributed by atoms with E-state index in [1.165, 1.54) is 6.42 Å². The molecule has 5 aliphatic rings. The van der Waals surface area contributed by atoms with E-state index in [2.05, 4.69) is 36.0 Å². The van der Waals surface area contributed by atoms with Crippen molar-refractivity contribution in [1.29, 1.82) is 0 Å². The third-order valence-electron chi connectivity index (χ3n) is 7.08. The van der Waals surface area contributed by atoms with Crippen molar-refractivity contribution in [2.75, 3.05) is 46.4 Å². The van der Waals surface area contributed by atoms with Gasteiger partial charge in [-0.2, -0.15) is 0 Å². The number of hydrogen-bond donors (Lipinski definition) is 4. The summed E-state index contributed by atoms with van der Waals surface area (Å²) in [6.45, 7) is 4.41. The summed E-state index contributed by atoms with van der Waals surface area (Å²) < 4.78 is 35.3. The molecule has 5 rings (SSSR count). The fourth-order valence-corrected chi connectivity index (χ4v) is 7.15. The first-order chi connectivity index (χ1) is 13.5. The molecule has 0 aromatic heterocycles. The molecule has 4 saturated heterocycles. The number of hydrogen-bond acceptors (Lipinski definition) is 9. The van der Waals surface area contributed by atoms with Crippen LogP contribution in [0.15, 0.2) is 0 Å². The molecule has 1 saturated carbocycles. The highest BCUT2D eigenvalue weighted by Gasteiger charge is 2.47. The van der Waals surface area contributed by atoms with Gasteiger partial charge in [-0.1, -0.05) is 6.42 Å². The molecule has 0 aromatic rings. The number of ether oxygens (including phenoxy) is 1. The Morgan fingerprint density at radius 2 is 1.89 bits per heavy atom. The third kappa shape index (κ3) is 3.50. The maximum Gasteiger partial charge on any atom is 0.217 e. The molecular formula is C17H33N7O3S. The lowest BCUT2D eigenvalue weighted by Crippen LogP contribution is -2.55. The molecule has 0 radical (unpaired) electrons. The average molecular weight is 416 g/mol. The quantitative estimate of drug-likeness (QED) is 0.416. The Balaban J connectivity index is 1.22. The summed E-state index contributed by atoms with van der Waals surface area (Å²) >= 11 is 0. The van der Waals surface area contributed by atoms with Gasteiger partial charge in [-0.25, -0.2) is 28.2 Å². The minimum absolute atomic E-state index is 0.00650. The zero-order valence-corrected chi connectivity index (χ0v) is 17.3. The number of nitrogens with zero attached hydrogens (tertiary/aromatic N) is 3. The van der Waals surface area contributed by atoms with Crippen molar-refractivity contribution in [3.8, 4) is 0 Å². The second-order valence-corrected chi connectivity index (χ2v) is 10.8. The van der Waals surface area contributed by atoms with Gasteiger partial charge in [-0.15, -0.1) is 0 Å². The lowest BCUT2D eigenvalue weighted by molar-refractivity contribution is -0.116. The van der Waals surface area contributed by atoms with Gasteiger partial charge in [0.05, 0.1) is 12.6 Å². The SMILES string of the molecule is CN1NCC2CCCC(NS(=O)(=O)C3CNN(C4CNN5CCCOC45)C3)C21. The molecule has 4 heterocycles. The van der Waals surface area contributed by atoms with E-state index in [9.17, 15) is 8.42 Å². The van der Waals surface area contributed by atoms with E-state index in [0.717, 1.165) is 45.5 Å². The van der Waals surface area contributed by atoms with Crippen LogP contribution in [0.1, 0.15) is 25.7 Å². The van der Waals surface area contributed by atoms with E-state index in [4.69, 9.17) is 4.74 Å². The first-order valence-electron chi connectivity index (χ1n) is 10.6. The smallest absolute Gasteiger partial charge is 0.217 e. The van der Waals surface area contributed by atoms with Crippen LogP contribution in [-0.4, -0.2) is 99.4 Å². The fourth-order valence-electron chi connectivity index (χ4n) is 5.63. The highest BCUT2D eigenvalue weighted by Crippen LogP contribution is 2.31. The Kier molecular flexibility index (Phi) is 5.39. The number of nitrogens with one attached hydrogen (secondary N) is 4. The van der Waals surface area contributed by atoms with E-state index in [-0.39, 0.29) is 24.4 Å². The summed E-state index contributed by atoms with van der Waals surface area (Å²) in [6.07, 6.45) is 4.19. The number of sulfonamides is 1. The van der Waals surface area contributed by atoms with Crippen LogP contribution in [0.3, 0.4) is 0 Å². The van der Waals surface area contributed by atoms with Crippen molar-refractivity contribution in [3.05, 3.63) is 0 Å². The monoisotopic (exact) mass is 415 g/mol. The van der Waals surface area contributed by atoms with Crippen molar-refractivity contribution in [3.63, 3.8) is 0 Å². The van der Waals surface area contributed by atoms with Gasteiger partial charge in [-0.05, 0) is 25.2 Å². The Labute approximate surface area is 167 Å². The van der Waals surface area contributed by atoms with Gasteiger partial charge in [0.1, 0.15) is 11.5 Å². The molecule has 0 bridgehead atoms. The molecule has 0 spiro atoms. The Morgan fingerprint density at radius 3 is 2.79 bits per heavy atom. The lowest BCUT2D eigenvalue weighted by Gasteiger charge is -2.37. The van der Waals surface area contributed by atoms with Gasteiger partial charge in [0.15, 0.2) is 0 Å². The maximum atomic E-state index is 13.2. The molecule has 6 unspecified atom stereocenters. The highest BCUT2D eigenvalue weighted by molar-refractivity contribution is 7.90. The largest absolute Gasteiger partial charge is 0.360 e. The fraction of sp³-hybridized carbons (Fsp3) is 1.00. The lowest BCUT2D eigenvalue weighted by atomic mass is 9.82. The molecule has 0 amide bonds. The molecule has 160 valence electrons. The molecular weight excluding hydrogens is 382 g/mol. The third-order valence-corrected chi connectivity index (χ3v) is 8.91. The molecule has 1 aliphatic carbocycles. The molecule has 0 aromatic carbocycles. The van der Waals surface area contributed by atoms with E-state index in [1.807, 2.05) is 7.05 Å². The van der Waals surface area contributed by atoms with Crippen molar-refractivity contribution >= 4 is 10.0 Å². The predicted octanol–water partition coefficient (Wildman–Crippen LogP) is -1.98. The summed E-state index contributed by atoms with van der Waals surface area (Å²) in [7, 11) is -1.37. The summed E-state index contributed by atoms with van der Waals surface area (Å²) in [5.74, 6) is 0.531. The number of rotatable bonds is 4. The van der Waals surface area contributed by atoms with Crippen LogP contribution < -0.4 is 21.0 Å². The van der Waals surface area contributed by atoms with Crippen LogP contribution in [0.5, 0.6) is 0 Å². The van der Waals surface area contributed by atoms with Gasteiger partial charge in [-0.3, -0.25) is 16.3 Å². The van der Waals surface area contributed by atoms with Gasteiger partial charge < -0.3 is 4.74 Å². The second-order valence-electron chi connectivity index (χ2n) is 8.80. The van der Waals surface area contributed by atoms with E-state index >= 15 is 0 Å². The number of fused-ring (bicyclic) bond motifs is 2. The Bertz CT molecular complexity index is 678. The van der Waals surface area contributed by atoms with Crippen LogP contribution in [0, 0.1) is 5.92 Å². The zero-order valence-electron chi connectivity index (χ0n) is 16.5. The second kappa shape index (κ2) is 7.71. The summed E-state index contributed by atoms with van der Waals surface area (Å²) in [5.41, 5.74) is 10.1. The van der Waals surface area contributed by atoms with Gasteiger partial charge in [0, 0.05) is 51.9 Å². The Hall–Kier alpha value is -0.370. The molecule has 4 N–H and O–H groups in total. The van der Waals surface area contributed by atoms with Crippen molar-refractivity contribution in [2.24, 2.45) is 5.92 Å². The molecule has 6 atom stereocenters. The van der Waals surface area contributed by atoms with E-state index < -0.39 is 15.3 Å². The van der Waals surface area contributed by atoms with Crippen LogP contribution in [0.25, 0.3) is 0 Å². The standard InChI is InChI=1S/C17H33N7O3S/c1-22-16-12(8-18-22)4-2-5-14(16)21-28(25,26)13-9-19-24(11-13)15-10-20-23-6-3-7-27-17(15)23/h12-21H,2-11H2,1H3. The van der Waals surface area contributed by atoms with Crippen molar-refractivity contribution in [1.82, 2.24) is 36.0 Å². The van der Waals surface area contributed by atoms with Crippen LogP contribution in [-0.2, 0) is 14.8 Å². The van der Waals surface area contributed by atoms with Crippen LogP contribution in [0.4, 0.5) is 0 Å². The molecule has 5 fully saturated rings. The van der Waals surface area contributed by atoms with E-state index in [0.29, 0.717) is 19.0 Å². The average Bonchev–Trinajstić information content (AvgIpc) is 3.40. The minimum Gasteiger partial charge on any atom is -0.360 e. The Morgan fingerprint density at radius 1 is 1.04 bits per heavy atom. The number of likely N-dealkylation sites (N-methyl/N-ethyl adjacent to an activating group) is 1.